The molecular weight excluding hydrogens is 184 g/mol. The van der Waals surface area contributed by atoms with E-state index in [1.165, 1.54) is 56.6 Å². The molecule has 2 nitrogen and oxygen atoms in total. The Bertz CT molecular complexity index is 347. The summed E-state index contributed by atoms with van der Waals surface area (Å²) >= 11 is 0. The predicted molar refractivity (Wildman–Crippen MR) is 60.9 cm³/mol. The number of hydrogen-bond donors (Lipinski definition) is 0. The van der Waals surface area contributed by atoms with Gasteiger partial charge in [0.15, 0.2) is 0 Å². The van der Waals surface area contributed by atoms with Crippen molar-refractivity contribution in [2.24, 2.45) is 5.92 Å². The van der Waals surface area contributed by atoms with Gasteiger partial charge in [0.1, 0.15) is 5.82 Å². The first-order valence-electron chi connectivity index (χ1n) is 6.39. The van der Waals surface area contributed by atoms with Crippen molar-refractivity contribution in [3.8, 4) is 0 Å². The smallest absolute Gasteiger partial charge is 0.111 e. The quantitative estimate of drug-likeness (QED) is 0.687. The fourth-order valence-corrected chi connectivity index (χ4v) is 3.14. The summed E-state index contributed by atoms with van der Waals surface area (Å²) in [5.41, 5.74) is 1.48. The largest absolute Gasteiger partial charge is 0.332 e. The van der Waals surface area contributed by atoms with E-state index in [-0.39, 0.29) is 0 Å². The van der Waals surface area contributed by atoms with Crippen LogP contribution in [-0.2, 0) is 13.0 Å². The molecule has 0 bridgehead atoms. The molecule has 1 saturated carbocycles. The van der Waals surface area contributed by atoms with Crippen molar-refractivity contribution >= 4 is 0 Å². The van der Waals surface area contributed by atoms with Crippen LogP contribution >= 0.6 is 0 Å². The Morgan fingerprint density at radius 2 is 2.07 bits per heavy atom. The summed E-state index contributed by atoms with van der Waals surface area (Å²) in [6.07, 6.45) is 10.2. The van der Waals surface area contributed by atoms with Crippen LogP contribution in [0.1, 0.15) is 56.5 Å². The molecule has 1 aromatic rings. The fourth-order valence-electron chi connectivity index (χ4n) is 3.14. The topological polar surface area (TPSA) is 17.8 Å². The maximum Gasteiger partial charge on any atom is 0.111 e. The van der Waals surface area contributed by atoms with Crippen LogP contribution in [0.3, 0.4) is 0 Å². The molecule has 2 heterocycles. The van der Waals surface area contributed by atoms with Gasteiger partial charge in [0.2, 0.25) is 0 Å². The van der Waals surface area contributed by atoms with Gasteiger partial charge in [-0.05, 0) is 31.6 Å². The first-order chi connectivity index (χ1) is 7.34. The lowest BCUT2D eigenvalue weighted by Crippen LogP contribution is -2.20. The summed E-state index contributed by atoms with van der Waals surface area (Å²) in [6.45, 7) is 3.57. The van der Waals surface area contributed by atoms with Gasteiger partial charge in [0, 0.05) is 24.4 Å². The first kappa shape index (κ1) is 9.44. The van der Waals surface area contributed by atoms with Gasteiger partial charge < -0.3 is 4.57 Å². The molecule has 0 N–H and O–H groups in total. The van der Waals surface area contributed by atoms with E-state index in [0.29, 0.717) is 0 Å². The molecule has 1 unspecified atom stereocenters. The highest BCUT2D eigenvalue weighted by Crippen LogP contribution is 2.35. The number of imidazole rings is 1. The van der Waals surface area contributed by atoms with Crippen LogP contribution in [0.15, 0.2) is 6.20 Å². The van der Waals surface area contributed by atoms with E-state index in [2.05, 4.69) is 22.7 Å². The maximum atomic E-state index is 4.68. The van der Waals surface area contributed by atoms with E-state index in [1.54, 1.807) is 0 Å². The zero-order chi connectivity index (χ0) is 10.3. The zero-order valence-corrected chi connectivity index (χ0v) is 9.58. The highest BCUT2D eigenvalue weighted by Gasteiger charge is 2.25. The summed E-state index contributed by atoms with van der Waals surface area (Å²) in [4.78, 5) is 4.68. The van der Waals surface area contributed by atoms with Gasteiger partial charge in [-0.1, -0.05) is 19.8 Å². The average molecular weight is 204 g/mol. The second-order valence-electron chi connectivity index (χ2n) is 5.34. The summed E-state index contributed by atoms with van der Waals surface area (Å²) in [7, 11) is 0. The molecule has 0 spiro atoms. The van der Waals surface area contributed by atoms with Gasteiger partial charge >= 0.3 is 0 Å². The highest BCUT2D eigenvalue weighted by molar-refractivity contribution is 5.12. The van der Waals surface area contributed by atoms with Gasteiger partial charge in [-0.15, -0.1) is 0 Å². The van der Waals surface area contributed by atoms with Gasteiger partial charge in [-0.2, -0.15) is 0 Å². The van der Waals surface area contributed by atoms with Gasteiger partial charge in [-0.25, -0.2) is 4.98 Å². The SMILES string of the molecule is CC1CCc2cnc(C3CCCC3)n2C1. The van der Waals surface area contributed by atoms with Crippen molar-refractivity contribution in [1.29, 1.82) is 0 Å². The van der Waals surface area contributed by atoms with E-state index >= 15 is 0 Å². The zero-order valence-electron chi connectivity index (χ0n) is 9.58. The number of rotatable bonds is 1. The van der Waals surface area contributed by atoms with Crippen LogP contribution in [0.5, 0.6) is 0 Å². The van der Waals surface area contributed by atoms with Crippen molar-refractivity contribution in [3.63, 3.8) is 0 Å². The molecule has 2 heteroatoms. The van der Waals surface area contributed by atoms with Crippen LogP contribution < -0.4 is 0 Å². The molecule has 0 amide bonds. The highest BCUT2D eigenvalue weighted by atomic mass is 15.1. The van der Waals surface area contributed by atoms with Crippen LogP contribution in [-0.4, -0.2) is 9.55 Å². The Morgan fingerprint density at radius 1 is 1.27 bits per heavy atom. The van der Waals surface area contributed by atoms with Crippen LogP contribution in [0.2, 0.25) is 0 Å². The predicted octanol–water partition coefficient (Wildman–Crippen LogP) is 3.12. The number of nitrogens with zero attached hydrogens (tertiary/aromatic N) is 2. The van der Waals surface area contributed by atoms with Crippen molar-refractivity contribution in [3.05, 3.63) is 17.7 Å². The molecule has 3 rings (SSSR count). The minimum atomic E-state index is 0.768. The summed E-state index contributed by atoms with van der Waals surface area (Å²) < 4.78 is 2.52. The lowest BCUT2D eigenvalue weighted by Gasteiger charge is -2.24. The molecule has 2 aliphatic rings. The minimum absolute atomic E-state index is 0.768. The van der Waals surface area contributed by atoms with E-state index in [9.17, 15) is 0 Å². The lowest BCUT2D eigenvalue weighted by atomic mass is 9.99. The van der Waals surface area contributed by atoms with E-state index in [0.717, 1.165) is 11.8 Å². The van der Waals surface area contributed by atoms with E-state index in [4.69, 9.17) is 0 Å². The lowest BCUT2D eigenvalue weighted by molar-refractivity contribution is 0.383. The maximum absolute atomic E-state index is 4.68. The van der Waals surface area contributed by atoms with Crippen LogP contribution in [0, 0.1) is 5.92 Å². The van der Waals surface area contributed by atoms with Crippen LogP contribution in [0.4, 0.5) is 0 Å². The summed E-state index contributed by atoms with van der Waals surface area (Å²) in [5.74, 6) is 3.00. The fraction of sp³-hybridized carbons (Fsp3) is 0.769. The molecule has 0 aromatic carbocycles. The average Bonchev–Trinajstić information content (AvgIpc) is 2.83. The van der Waals surface area contributed by atoms with Gasteiger partial charge in [0.05, 0.1) is 0 Å². The molecule has 15 heavy (non-hydrogen) atoms. The Morgan fingerprint density at radius 3 is 2.87 bits per heavy atom. The molecule has 1 aliphatic heterocycles. The number of aromatic nitrogens is 2. The molecule has 0 saturated heterocycles. The Balaban J connectivity index is 1.92. The van der Waals surface area contributed by atoms with Gasteiger partial charge in [0.25, 0.3) is 0 Å². The molecule has 1 aromatic heterocycles. The molecule has 1 aliphatic carbocycles. The molecular formula is C13H20N2. The molecule has 0 radical (unpaired) electrons. The van der Waals surface area contributed by atoms with E-state index in [1.807, 2.05) is 0 Å². The summed E-state index contributed by atoms with van der Waals surface area (Å²) in [5, 5.41) is 0. The first-order valence-corrected chi connectivity index (χ1v) is 6.39. The third-order valence-electron chi connectivity index (χ3n) is 4.08. The summed E-state index contributed by atoms with van der Waals surface area (Å²) in [6, 6.07) is 0. The van der Waals surface area contributed by atoms with Crippen molar-refractivity contribution < 1.29 is 0 Å². The van der Waals surface area contributed by atoms with Crippen molar-refractivity contribution in [1.82, 2.24) is 9.55 Å². The van der Waals surface area contributed by atoms with Crippen molar-refractivity contribution in [2.45, 2.75) is 57.9 Å². The monoisotopic (exact) mass is 204 g/mol. The number of fused-ring (bicyclic) bond motifs is 1. The third-order valence-corrected chi connectivity index (χ3v) is 4.08. The second kappa shape index (κ2) is 3.66. The van der Waals surface area contributed by atoms with Crippen molar-refractivity contribution in [2.75, 3.05) is 0 Å². The molecule has 1 atom stereocenters. The molecule has 82 valence electrons. The molecule has 1 fully saturated rings. The normalized spacial score (nSPS) is 26.9. The number of aryl methyl sites for hydroxylation is 1. The number of hydrogen-bond acceptors (Lipinski definition) is 1. The van der Waals surface area contributed by atoms with E-state index < -0.39 is 0 Å². The standard InChI is InChI=1S/C13H20N2/c1-10-6-7-12-8-14-13(15(12)9-10)11-4-2-3-5-11/h8,10-11H,2-7,9H2,1H3. The second-order valence-corrected chi connectivity index (χ2v) is 5.34. The Labute approximate surface area is 91.7 Å². The Kier molecular flexibility index (Phi) is 2.30. The van der Waals surface area contributed by atoms with Crippen LogP contribution in [0.25, 0.3) is 0 Å². The third kappa shape index (κ3) is 1.60. The van der Waals surface area contributed by atoms with Gasteiger partial charge in [-0.3, -0.25) is 0 Å². The Hall–Kier alpha value is -0.790. The minimum Gasteiger partial charge on any atom is -0.332 e.